The van der Waals surface area contributed by atoms with Gasteiger partial charge in [0.15, 0.2) is 0 Å². The van der Waals surface area contributed by atoms with Crippen LogP contribution in [0.2, 0.25) is 0 Å². The van der Waals surface area contributed by atoms with Crippen molar-refractivity contribution in [3.8, 4) is 0 Å². The van der Waals surface area contributed by atoms with E-state index < -0.39 is 0 Å². The predicted molar refractivity (Wildman–Crippen MR) is 77.1 cm³/mol. The highest BCUT2D eigenvalue weighted by molar-refractivity contribution is 5.26. The van der Waals surface area contributed by atoms with E-state index in [9.17, 15) is 0 Å². The van der Waals surface area contributed by atoms with Crippen molar-refractivity contribution in [1.82, 2.24) is 20.1 Å². The number of aryl methyl sites for hydroxylation is 2. The van der Waals surface area contributed by atoms with E-state index in [1.807, 2.05) is 11.7 Å². The van der Waals surface area contributed by atoms with Crippen LogP contribution in [-0.4, -0.2) is 27.9 Å². The van der Waals surface area contributed by atoms with Gasteiger partial charge in [-0.1, -0.05) is 24.3 Å². The zero-order chi connectivity index (χ0) is 13.7. The molecule has 2 aromatic rings. The normalized spacial score (nSPS) is 12.6. The summed E-state index contributed by atoms with van der Waals surface area (Å²) in [7, 11) is 2.01. The summed E-state index contributed by atoms with van der Waals surface area (Å²) < 4.78 is 1.96. The van der Waals surface area contributed by atoms with Crippen molar-refractivity contribution in [1.29, 1.82) is 0 Å². The number of likely N-dealkylation sites (N-methyl/N-ethyl adjacent to an activating group) is 1. The van der Waals surface area contributed by atoms with E-state index in [4.69, 9.17) is 0 Å². The van der Waals surface area contributed by atoms with Crippen molar-refractivity contribution in [2.75, 3.05) is 7.05 Å². The molecule has 0 aliphatic rings. The van der Waals surface area contributed by atoms with Crippen molar-refractivity contribution >= 4 is 0 Å². The summed E-state index contributed by atoms with van der Waals surface area (Å²) >= 11 is 0. The molecule has 1 heterocycles. The van der Waals surface area contributed by atoms with Gasteiger partial charge < -0.3 is 5.32 Å². The number of benzene rings is 1. The fraction of sp³-hybridized carbons (Fsp3) is 0.467. The van der Waals surface area contributed by atoms with Gasteiger partial charge in [-0.3, -0.25) is 4.68 Å². The summed E-state index contributed by atoms with van der Waals surface area (Å²) in [5, 5.41) is 7.61. The van der Waals surface area contributed by atoms with Crippen molar-refractivity contribution in [2.45, 2.75) is 39.3 Å². The van der Waals surface area contributed by atoms with Crippen LogP contribution in [0.5, 0.6) is 0 Å². The van der Waals surface area contributed by atoms with Gasteiger partial charge in [-0.25, -0.2) is 4.98 Å². The molecule has 0 amide bonds. The van der Waals surface area contributed by atoms with Gasteiger partial charge >= 0.3 is 0 Å². The number of hydrogen-bond donors (Lipinski definition) is 1. The standard InChI is InChI=1S/C15H22N4/c1-4-19-15(17-11-18-19)10-14(16-3)9-13-8-6-5-7-12(13)2/h5-8,11,14,16H,4,9-10H2,1-3H3. The van der Waals surface area contributed by atoms with Gasteiger partial charge in [-0.05, 0) is 38.4 Å². The highest BCUT2D eigenvalue weighted by Crippen LogP contribution is 2.12. The SMILES string of the molecule is CCn1ncnc1CC(Cc1ccccc1C)NC. The predicted octanol–water partition coefficient (Wildman–Crippen LogP) is 1.98. The number of rotatable bonds is 6. The molecule has 102 valence electrons. The maximum atomic E-state index is 4.35. The zero-order valence-corrected chi connectivity index (χ0v) is 11.9. The Balaban J connectivity index is 2.07. The second kappa shape index (κ2) is 6.48. The number of aromatic nitrogens is 3. The molecule has 19 heavy (non-hydrogen) atoms. The number of hydrogen-bond acceptors (Lipinski definition) is 3. The minimum absolute atomic E-state index is 0.385. The Kier molecular flexibility index (Phi) is 4.68. The maximum absolute atomic E-state index is 4.35. The van der Waals surface area contributed by atoms with Gasteiger partial charge in [-0.15, -0.1) is 0 Å². The Morgan fingerprint density at radius 1 is 1.26 bits per heavy atom. The van der Waals surface area contributed by atoms with Crippen molar-refractivity contribution in [2.24, 2.45) is 0 Å². The Bertz CT molecular complexity index is 518. The first-order valence-corrected chi connectivity index (χ1v) is 6.83. The van der Waals surface area contributed by atoms with E-state index in [1.54, 1.807) is 6.33 Å². The third-order valence-electron chi connectivity index (χ3n) is 3.56. The Morgan fingerprint density at radius 3 is 2.74 bits per heavy atom. The smallest absolute Gasteiger partial charge is 0.138 e. The molecule has 1 aromatic carbocycles. The Morgan fingerprint density at radius 2 is 2.05 bits per heavy atom. The van der Waals surface area contributed by atoms with Crippen LogP contribution in [0.15, 0.2) is 30.6 Å². The van der Waals surface area contributed by atoms with Gasteiger partial charge in [0.1, 0.15) is 12.2 Å². The van der Waals surface area contributed by atoms with Crippen molar-refractivity contribution in [3.05, 3.63) is 47.5 Å². The number of nitrogens with zero attached hydrogens (tertiary/aromatic N) is 3. The molecule has 1 aromatic heterocycles. The quantitative estimate of drug-likeness (QED) is 0.861. The Hall–Kier alpha value is -1.68. The van der Waals surface area contributed by atoms with Crippen molar-refractivity contribution < 1.29 is 0 Å². The van der Waals surface area contributed by atoms with Gasteiger partial charge in [0.05, 0.1) is 0 Å². The van der Waals surface area contributed by atoms with Crippen LogP contribution in [-0.2, 0) is 19.4 Å². The molecule has 0 saturated carbocycles. The summed E-state index contributed by atoms with van der Waals surface area (Å²) in [5.41, 5.74) is 2.74. The van der Waals surface area contributed by atoms with Crippen LogP contribution in [0.3, 0.4) is 0 Å². The molecule has 0 aliphatic heterocycles. The van der Waals surface area contributed by atoms with Crippen LogP contribution >= 0.6 is 0 Å². The molecule has 0 spiro atoms. The molecule has 0 bridgehead atoms. The average Bonchev–Trinajstić information content (AvgIpc) is 2.87. The van der Waals surface area contributed by atoms with E-state index in [2.05, 4.69) is 53.5 Å². The van der Waals surface area contributed by atoms with Crippen LogP contribution in [0.1, 0.15) is 23.9 Å². The largest absolute Gasteiger partial charge is 0.316 e. The molecule has 4 nitrogen and oxygen atoms in total. The minimum Gasteiger partial charge on any atom is -0.316 e. The summed E-state index contributed by atoms with van der Waals surface area (Å²) in [5.74, 6) is 1.05. The molecule has 0 fully saturated rings. The molecule has 1 atom stereocenters. The second-order valence-electron chi connectivity index (χ2n) is 4.81. The molecule has 1 N–H and O–H groups in total. The molecule has 0 aliphatic carbocycles. The Labute approximate surface area is 114 Å². The lowest BCUT2D eigenvalue weighted by Crippen LogP contribution is -2.31. The first-order valence-electron chi connectivity index (χ1n) is 6.83. The first-order chi connectivity index (χ1) is 9.24. The highest BCUT2D eigenvalue weighted by Gasteiger charge is 2.13. The molecule has 4 heteroatoms. The van der Waals surface area contributed by atoms with E-state index >= 15 is 0 Å². The first kappa shape index (κ1) is 13.7. The van der Waals surface area contributed by atoms with E-state index in [0.717, 1.165) is 25.2 Å². The topological polar surface area (TPSA) is 42.7 Å². The van der Waals surface area contributed by atoms with Crippen molar-refractivity contribution in [3.63, 3.8) is 0 Å². The summed E-state index contributed by atoms with van der Waals surface area (Å²) in [6.07, 6.45) is 3.55. The fourth-order valence-electron chi connectivity index (χ4n) is 2.31. The number of nitrogens with one attached hydrogen (secondary N) is 1. The van der Waals surface area contributed by atoms with Gasteiger partial charge in [0.2, 0.25) is 0 Å². The summed E-state index contributed by atoms with van der Waals surface area (Å²) in [4.78, 5) is 4.35. The molecular formula is C15H22N4. The third kappa shape index (κ3) is 3.41. The van der Waals surface area contributed by atoms with Crippen LogP contribution in [0.25, 0.3) is 0 Å². The summed E-state index contributed by atoms with van der Waals surface area (Å²) in [6, 6.07) is 8.93. The van der Waals surface area contributed by atoms with Gasteiger partial charge in [-0.2, -0.15) is 5.10 Å². The van der Waals surface area contributed by atoms with E-state index in [-0.39, 0.29) is 0 Å². The lowest BCUT2D eigenvalue weighted by molar-refractivity contribution is 0.512. The zero-order valence-electron chi connectivity index (χ0n) is 11.9. The second-order valence-corrected chi connectivity index (χ2v) is 4.81. The summed E-state index contributed by atoms with van der Waals surface area (Å²) in [6.45, 7) is 5.13. The third-order valence-corrected chi connectivity index (χ3v) is 3.56. The molecule has 0 saturated heterocycles. The fourth-order valence-corrected chi connectivity index (χ4v) is 2.31. The monoisotopic (exact) mass is 258 g/mol. The maximum Gasteiger partial charge on any atom is 0.138 e. The average molecular weight is 258 g/mol. The van der Waals surface area contributed by atoms with Crippen LogP contribution in [0, 0.1) is 6.92 Å². The van der Waals surface area contributed by atoms with E-state index in [0.29, 0.717) is 6.04 Å². The highest BCUT2D eigenvalue weighted by atomic mass is 15.3. The van der Waals surface area contributed by atoms with Gasteiger partial charge in [0.25, 0.3) is 0 Å². The molecular weight excluding hydrogens is 236 g/mol. The molecule has 0 radical (unpaired) electrons. The minimum atomic E-state index is 0.385. The van der Waals surface area contributed by atoms with Gasteiger partial charge in [0, 0.05) is 19.0 Å². The van der Waals surface area contributed by atoms with Crippen LogP contribution in [0.4, 0.5) is 0 Å². The lowest BCUT2D eigenvalue weighted by Gasteiger charge is -2.17. The van der Waals surface area contributed by atoms with E-state index in [1.165, 1.54) is 11.1 Å². The molecule has 1 unspecified atom stereocenters. The molecule has 2 rings (SSSR count). The lowest BCUT2D eigenvalue weighted by atomic mass is 9.99. The van der Waals surface area contributed by atoms with Crippen LogP contribution < -0.4 is 5.32 Å².